The molecule has 2 rings (SSSR count). The molecule has 1 aromatic heterocycles. The van der Waals surface area contributed by atoms with Gasteiger partial charge in [0, 0.05) is 17.3 Å². The van der Waals surface area contributed by atoms with E-state index < -0.39 is 11.9 Å². The number of hydrogen-bond acceptors (Lipinski definition) is 3. The Labute approximate surface area is 115 Å². The van der Waals surface area contributed by atoms with E-state index in [0.29, 0.717) is 22.2 Å². The van der Waals surface area contributed by atoms with E-state index in [4.69, 9.17) is 21.4 Å². The zero-order valence-electron chi connectivity index (χ0n) is 10.2. The number of halogens is 1. The molecule has 0 saturated carbocycles. The highest BCUT2D eigenvalue weighted by Gasteiger charge is 2.14. The van der Waals surface area contributed by atoms with Crippen LogP contribution in [0.15, 0.2) is 42.6 Å². The standard InChI is InChI=1S/C14H12ClNO3/c1-9(14(17)18)10-5-6-16-13(7-10)19-12-4-2-3-11(15)8-12/h2-9H,1H3,(H,17,18). The van der Waals surface area contributed by atoms with E-state index in [1.165, 1.54) is 6.20 Å². The van der Waals surface area contributed by atoms with Gasteiger partial charge in [-0.1, -0.05) is 17.7 Å². The van der Waals surface area contributed by atoms with Gasteiger partial charge in [0.2, 0.25) is 5.88 Å². The monoisotopic (exact) mass is 277 g/mol. The lowest BCUT2D eigenvalue weighted by Crippen LogP contribution is -2.07. The number of carbonyl (C=O) groups is 1. The lowest BCUT2D eigenvalue weighted by atomic mass is 10.0. The van der Waals surface area contributed by atoms with Gasteiger partial charge in [0.05, 0.1) is 5.92 Å². The highest BCUT2D eigenvalue weighted by molar-refractivity contribution is 6.30. The quantitative estimate of drug-likeness (QED) is 0.925. The van der Waals surface area contributed by atoms with Gasteiger partial charge in [-0.15, -0.1) is 0 Å². The minimum atomic E-state index is -0.889. The molecule has 0 aliphatic heterocycles. The Morgan fingerprint density at radius 1 is 1.37 bits per heavy atom. The van der Waals surface area contributed by atoms with Crippen LogP contribution in [-0.4, -0.2) is 16.1 Å². The summed E-state index contributed by atoms with van der Waals surface area (Å²) in [5, 5.41) is 9.54. The van der Waals surface area contributed by atoms with Gasteiger partial charge in [-0.05, 0) is 36.8 Å². The molecule has 1 atom stereocenters. The smallest absolute Gasteiger partial charge is 0.310 e. The first kappa shape index (κ1) is 13.4. The zero-order valence-corrected chi connectivity index (χ0v) is 11.0. The maximum absolute atomic E-state index is 10.9. The molecule has 19 heavy (non-hydrogen) atoms. The van der Waals surface area contributed by atoms with E-state index >= 15 is 0 Å². The fourth-order valence-electron chi connectivity index (χ4n) is 1.54. The second-order valence-electron chi connectivity index (χ2n) is 4.05. The largest absolute Gasteiger partial charge is 0.481 e. The Morgan fingerprint density at radius 2 is 2.16 bits per heavy atom. The number of carboxylic acid groups (broad SMARTS) is 1. The van der Waals surface area contributed by atoms with E-state index in [1.54, 1.807) is 43.3 Å². The summed E-state index contributed by atoms with van der Waals surface area (Å²) in [4.78, 5) is 15.0. The van der Waals surface area contributed by atoms with Crippen molar-refractivity contribution in [2.45, 2.75) is 12.8 Å². The van der Waals surface area contributed by atoms with Gasteiger partial charge in [0.1, 0.15) is 5.75 Å². The Hall–Kier alpha value is -2.07. The molecule has 0 amide bonds. The van der Waals surface area contributed by atoms with Gasteiger partial charge in [-0.25, -0.2) is 4.98 Å². The summed E-state index contributed by atoms with van der Waals surface area (Å²) in [5.41, 5.74) is 0.638. The number of rotatable bonds is 4. The van der Waals surface area contributed by atoms with Crippen molar-refractivity contribution in [3.63, 3.8) is 0 Å². The summed E-state index contributed by atoms with van der Waals surface area (Å²) < 4.78 is 5.54. The van der Waals surface area contributed by atoms with Crippen LogP contribution in [0.4, 0.5) is 0 Å². The minimum absolute atomic E-state index is 0.341. The van der Waals surface area contributed by atoms with Gasteiger partial charge < -0.3 is 9.84 Å². The van der Waals surface area contributed by atoms with Crippen LogP contribution in [0, 0.1) is 0 Å². The second-order valence-corrected chi connectivity index (χ2v) is 4.48. The second kappa shape index (κ2) is 5.71. The lowest BCUT2D eigenvalue weighted by molar-refractivity contribution is -0.138. The minimum Gasteiger partial charge on any atom is -0.481 e. The van der Waals surface area contributed by atoms with Gasteiger partial charge in [0.25, 0.3) is 0 Å². The van der Waals surface area contributed by atoms with Crippen molar-refractivity contribution < 1.29 is 14.6 Å². The van der Waals surface area contributed by atoms with E-state index in [0.717, 1.165) is 0 Å². The molecular weight excluding hydrogens is 266 g/mol. The van der Waals surface area contributed by atoms with Crippen molar-refractivity contribution in [1.29, 1.82) is 0 Å². The van der Waals surface area contributed by atoms with Crippen molar-refractivity contribution >= 4 is 17.6 Å². The molecule has 5 heteroatoms. The molecule has 0 radical (unpaired) electrons. The van der Waals surface area contributed by atoms with Gasteiger partial charge in [-0.3, -0.25) is 4.79 Å². The van der Waals surface area contributed by atoms with Crippen molar-refractivity contribution in [2.24, 2.45) is 0 Å². The summed E-state index contributed by atoms with van der Waals surface area (Å²) in [6, 6.07) is 10.2. The Bertz CT molecular complexity index is 601. The van der Waals surface area contributed by atoms with Crippen molar-refractivity contribution in [3.8, 4) is 11.6 Å². The maximum Gasteiger partial charge on any atom is 0.310 e. The van der Waals surface area contributed by atoms with Crippen LogP contribution in [0.5, 0.6) is 11.6 Å². The molecule has 1 N–H and O–H groups in total. The maximum atomic E-state index is 10.9. The van der Waals surface area contributed by atoms with Crippen LogP contribution in [0.3, 0.4) is 0 Å². The summed E-state index contributed by atoms with van der Waals surface area (Å²) in [5.74, 6) is -0.599. The topological polar surface area (TPSA) is 59.4 Å². The number of benzene rings is 1. The average Bonchev–Trinajstić information content (AvgIpc) is 2.38. The summed E-state index contributed by atoms with van der Waals surface area (Å²) >= 11 is 5.86. The molecule has 0 spiro atoms. The van der Waals surface area contributed by atoms with Crippen LogP contribution in [0.25, 0.3) is 0 Å². The summed E-state index contributed by atoms with van der Waals surface area (Å²) in [6.45, 7) is 1.61. The number of hydrogen-bond donors (Lipinski definition) is 1. The van der Waals surface area contributed by atoms with Crippen LogP contribution in [0.2, 0.25) is 5.02 Å². The molecule has 0 fully saturated rings. The molecule has 1 aromatic carbocycles. The van der Waals surface area contributed by atoms with Crippen LogP contribution in [-0.2, 0) is 4.79 Å². The summed E-state index contributed by atoms with van der Waals surface area (Å²) in [7, 11) is 0. The third-order valence-corrected chi connectivity index (χ3v) is 2.88. The SMILES string of the molecule is CC(C(=O)O)c1ccnc(Oc2cccc(Cl)c2)c1. The van der Waals surface area contributed by atoms with Gasteiger partial charge in [0.15, 0.2) is 0 Å². The first-order valence-corrected chi connectivity index (χ1v) is 6.06. The predicted molar refractivity (Wildman–Crippen MR) is 71.8 cm³/mol. The normalized spacial score (nSPS) is 11.9. The molecule has 0 bridgehead atoms. The first-order chi connectivity index (χ1) is 9.06. The molecule has 1 heterocycles. The number of nitrogens with zero attached hydrogens (tertiary/aromatic N) is 1. The van der Waals surface area contributed by atoms with Crippen LogP contribution >= 0.6 is 11.6 Å². The van der Waals surface area contributed by atoms with Gasteiger partial charge in [-0.2, -0.15) is 0 Å². The van der Waals surface area contributed by atoms with Gasteiger partial charge >= 0.3 is 5.97 Å². The number of carboxylic acids is 1. The molecule has 2 aromatic rings. The fourth-order valence-corrected chi connectivity index (χ4v) is 1.72. The molecule has 0 saturated heterocycles. The van der Waals surface area contributed by atoms with E-state index in [-0.39, 0.29) is 0 Å². The molecule has 0 aliphatic rings. The first-order valence-electron chi connectivity index (χ1n) is 5.68. The van der Waals surface area contributed by atoms with Crippen molar-refractivity contribution in [3.05, 3.63) is 53.2 Å². The Morgan fingerprint density at radius 3 is 2.84 bits per heavy atom. The molecular formula is C14H12ClNO3. The van der Waals surface area contributed by atoms with Crippen LogP contribution in [0.1, 0.15) is 18.4 Å². The van der Waals surface area contributed by atoms with E-state index in [2.05, 4.69) is 4.98 Å². The van der Waals surface area contributed by atoms with E-state index in [1.807, 2.05) is 0 Å². The van der Waals surface area contributed by atoms with Crippen LogP contribution < -0.4 is 4.74 Å². The fraction of sp³-hybridized carbons (Fsp3) is 0.143. The number of ether oxygens (including phenoxy) is 1. The lowest BCUT2D eigenvalue weighted by Gasteiger charge is -2.09. The Balaban J connectivity index is 2.22. The van der Waals surface area contributed by atoms with E-state index in [9.17, 15) is 4.79 Å². The highest BCUT2D eigenvalue weighted by Crippen LogP contribution is 2.25. The third kappa shape index (κ3) is 3.45. The third-order valence-electron chi connectivity index (χ3n) is 2.65. The molecule has 0 aliphatic carbocycles. The highest BCUT2D eigenvalue weighted by atomic mass is 35.5. The average molecular weight is 278 g/mol. The molecule has 1 unspecified atom stereocenters. The number of pyridine rings is 1. The van der Waals surface area contributed by atoms with Crippen molar-refractivity contribution in [1.82, 2.24) is 4.98 Å². The Kier molecular flexibility index (Phi) is 4.02. The molecule has 98 valence electrons. The van der Waals surface area contributed by atoms with Crippen molar-refractivity contribution in [2.75, 3.05) is 0 Å². The zero-order chi connectivity index (χ0) is 13.8. The number of aromatic nitrogens is 1. The number of aliphatic carboxylic acids is 1. The molecule has 4 nitrogen and oxygen atoms in total. The predicted octanol–water partition coefficient (Wildman–Crippen LogP) is 3.72. The summed E-state index contributed by atoms with van der Waals surface area (Å²) in [6.07, 6.45) is 1.52.